The van der Waals surface area contributed by atoms with Crippen LogP contribution in [0.25, 0.3) is 0 Å². The fourth-order valence-corrected chi connectivity index (χ4v) is 4.79. The number of carbonyl (C=O) groups is 1. The lowest BCUT2D eigenvalue weighted by atomic mass is 9.60. The van der Waals surface area contributed by atoms with Gasteiger partial charge in [0, 0.05) is 23.5 Å². The molecule has 1 aromatic carbocycles. The van der Waals surface area contributed by atoms with Crippen LogP contribution in [-0.2, 0) is 9.47 Å². The van der Waals surface area contributed by atoms with E-state index in [1.54, 1.807) is 25.3 Å². The molecule has 2 fully saturated rings. The van der Waals surface area contributed by atoms with Gasteiger partial charge in [0.25, 0.3) is 0 Å². The lowest BCUT2D eigenvalue weighted by molar-refractivity contribution is -0.0953. The SMILES string of the molecule is COCCOC(=O)c1ccccc1C#CC1(O)C2(C)CCC(C2)C1(C)C. The first-order valence-electron chi connectivity index (χ1n) is 9.26. The molecular formula is C22H28O4. The normalized spacial score (nSPS) is 31.3. The molecule has 4 heteroatoms. The van der Waals surface area contributed by atoms with E-state index in [-0.39, 0.29) is 17.4 Å². The van der Waals surface area contributed by atoms with Gasteiger partial charge < -0.3 is 14.6 Å². The second kappa shape index (κ2) is 6.72. The van der Waals surface area contributed by atoms with E-state index in [1.807, 2.05) is 6.07 Å². The molecule has 2 aliphatic rings. The van der Waals surface area contributed by atoms with Crippen molar-refractivity contribution in [1.82, 2.24) is 0 Å². The summed E-state index contributed by atoms with van der Waals surface area (Å²) in [7, 11) is 1.56. The fraction of sp³-hybridized carbons (Fsp3) is 0.591. The van der Waals surface area contributed by atoms with Crippen LogP contribution in [0, 0.1) is 28.6 Å². The van der Waals surface area contributed by atoms with Crippen molar-refractivity contribution >= 4 is 5.97 Å². The van der Waals surface area contributed by atoms with E-state index in [9.17, 15) is 9.90 Å². The van der Waals surface area contributed by atoms with Crippen LogP contribution < -0.4 is 0 Å². The summed E-state index contributed by atoms with van der Waals surface area (Å²) in [4.78, 5) is 12.3. The van der Waals surface area contributed by atoms with E-state index < -0.39 is 11.6 Å². The van der Waals surface area contributed by atoms with Crippen molar-refractivity contribution < 1.29 is 19.4 Å². The molecule has 2 saturated carbocycles. The number of fused-ring (bicyclic) bond motifs is 2. The van der Waals surface area contributed by atoms with Crippen LogP contribution in [-0.4, -0.2) is 37.0 Å². The maximum atomic E-state index is 12.3. The van der Waals surface area contributed by atoms with Crippen LogP contribution in [0.3, 0.4) is 0 Å². The number of benzene rings is 1. The Morgan fingerprint density at radius 3 is 2.65 bits per heavy atom. The summed E-state index contributed by atoms with van der Waals surface area (Å²) in [5.41, 5.74) is -0.504. The second-order valence-corrected chi connectivity index (χ2v) is 8.36. The van der Waals surface area contributed by atoms with Crippen molar-refractivity contribution in [3.05, 3.63) is 35.4 Å². The summed E-state index contributed by atoms with van der Waals surface area (Å²) in [5.74, 6) is 6.34. The highest BCUT2D eigenvalue weighted by molar-refractivity contribution is 5.92. The van der Waals surface area contributed by atoms with Gasteiger partial charge in [-0.25, -0.2) is 4.79 Å². The van der Waals surface area contributed by atoms with Crippen LogP contribution in [0.1, 0.15) is 56.0 Å². The molecule has 1 N–H and O–H groups in total. The summed E-state index contributed by atoms with van der Waals surface area (Å²) in [6, 6.07) is 7.13. The number of methoxy groups -OCH3 is 1. The molecule has 0 radical (unpaired) electrons. The smallest absolute Gasteiger partial charge is 0.339 e. The Morgan fingerprint density at radius 2 is 2.00 bits per heavy atom. The lowest BCUT2D eigenvalue weighted by Crippen LogP contribution is -2.53. The quantitative estimate of drug-likeness (QED) is 0.510. The molecule has 0 aliphatic heterocycles. The molecule has 4 nitrogen and oxygen atoms in total. The Morgan fingerprint density at radius 1 is 1.27 bits per heavy atom. The number of carbonyl (C=O) groups excluding carboxylic acids is 1. The molecule has 3 unspecified atom stereocenters. The molecule has 0 aromatic heterocycles. The predicted molar refractivity (Wildman–Crippen MR) is 99.7 cm³/mol. The van der Waals surface area contributed by atoms with E-state index >= 15 is 0 Å². The lowest BCUT2D eigenvalue weighted by Gasteiger charge is -2.47. The summed E-state index contributed by atoms with van der Waals surface area (Å²) < 4.78 is 10.1. The number of ether oxygens (including phenoxy) is 2. The fourth-order valence-electron chi connectivity index (χ4n) is 4.79. The van der Waals surface area contributed by atoms with E-state index in [0.29, 0.717) is 23.7 Å². The van der Waals surface area contributed by atoms with Crippen molar-refractivity contribution in [3.63, 3.8) is 0 Å². The van der Waals surface area contributed by atoms with Crippen LogP contribution in [0.15, 0.2) is 24.3 Å². The predicted octanol–water partition coefficient (Wildman–Crippen LogP) is 3.42. The van der Waals surface area contributed by atoms with Crippen LogP contribution >= 0.6 is 0 Å². The van der Waals surface area contributed by atoms with Gasteiger partial charge in [-0.05, 0) is 37.3 Å². The zero-order chi connectivity index (χ0) is 19.0. The van der Waals surface area contributed by atoms with Gasteiger partial charge in [0.05, 0.1) is 12.2 Å². The minimum Gasteiger partial charge on any atom is -0.460 e. The Labute approximate surface area is 155 Å². The Hall–Kier alpha value is -1.83. The molecule has 0 amide bonds. The summed E-state index contributed by atoms with van der Waals surface area (Å²) in [6.07, 6.45) is 3.15. The van der Waals surface area contributed by atoms with Gasteiger partial charge in [-0.3, -0.25) is 0 Å². The van der Waals surface area contributed by atoms with Gasteiger partial charge in [-0.15, -0.1) is 0 Å². The van der Waals surface area contributed by atoms with Crippen molar-refractivity contribution in [2.75, 3.05) is 20.3 Å². The van der Waals surface area contributed by atoms with Gasteiger partial charge >= 0.3 is 5.97 Å². The Kier molecular flexibility index (Phi) is 4.90. The van der Waals surface area contributed by atoms with E-state index in [2.05, 4.69) is 32.6 Å². The number of aliphatic hydroxyl groups is 1. The zero-order valence-electron chi connectivity index (χ0n) is 16.1. The average Bonchev–Trinajstić information content (AvgIpc) is 3.09. The van der Waals surface area contributed by atoms with Crippen LogP contribution in [0.4, 0.5) is 0 Å². The third kappa shape index (κ3) is 2.84. The first kappa shape index (κ1) is 18.9. The van der Waals surface area contributed by atoms with E-state index in [1.165, 1.54) is 0 Å². The molecule has 0 saturated heterocycles. The zero-order valence-corrected chi connectivity index (χ0v) is 16.1. The third-order valence-corrected chi connectivity index (χ3v) is 6.61. The highest BCUT2D eigenvalue weighted by Crippen LogP contribution is 2.67. The van der Waals surface area contributed by atoms with Crippen molar-refractivity contribution in [3.8, 4) is 11.8 Å². The molecular weight excluding hydrogens is 328 g/mol. The van der Waals surface area contributed by atoms with Gasteiger partial charge in [-0.2, -0.15) is 0 Å². The van der Waals surface area contributed by atoms with E-state index in [4.69, 9.17) is 9.47 Å². The first-order valence-corrected chi connectivity index (χ1v) is 9.26. The van der Waals surface area contributed by atoms with Gasteiger partial charge in [0.2, 0.25) is 0 Å². The molecule has 140 valence electrons. The third-order valence-electron chi connectivity index (χ3n) is 6.61. The van der Waals surface area contributed by atoms with Gasteiger partial charge in [-0.1, -0.05) is 44.7 Å². The maximum Gasteiger partial charge on any atom is 0.339 e. The number of hydrogen-bond acceptors (Lipinski definition) is 4. The molecule has 0 spiro atoms. The Bertz CT molecular complexity index is 750. The number of esters is 1. The minimum atomic E-state index is -1.06. The summed E-state index contributed by atoms with van der Waals surface area (Å²) in [5, 5.41) is 11.5. The van der Waals surface area contributed by atoms with Gasteiger partial charge in [0.1, 0.15) is 12.2 Å². The minimum absolute atomic E-state index is 0.192. The van der Waals surface area contributed by atoms with Crippen LogP contribution in [0.2, 0.25) is 0 Å². The molecule has 3 atom stereocenters. The molecule has 0 heterocycles. The molecule has 1 aromatic rings. The topological polar surface area (TPSA) is 55.8 Å². The monoisotopic (exact) mass is 356 g/mol. The molecule has 2 bridgehead atoms. The second-order valence-electron chi connectivity index (χ2n) is 8.36. The first-order chi connectivity index (χ1) is 12.2. The van der Waals surface area contributed by atoms with Crippen molar-refractivity contribution in [2.24, 2.45) is 16.7 Å². The highest BCUT2D eigenvalue weighted by atomic mass is 16.6. The molecule has 26 heavy (non-hydrogen) atoms. The summed E-state index contributed by atoms with van der Waals surface area (Å²) >= 11 is 0. The largest absolute Gasteiger partial charge is 0.460 e. The van der Waals surface area contributed by atoms with Crippen molar-refractivity contribution in [1.29, 1.82) is 0 Å². The molecule has 3 rings (SSSR count). The Balaban J connectivity index is 1.90. The average molecular weight is 356 g/mol. The number of rotatable bonds is 4. The maximum absolute atomic E-state index is 12.3. The van der Waals surface area contributed by atoms with Gasteiger partial charge in [0.15, 0.2) is 0 Å². The van der Waals surface area contributed by atoms with E-state index in [0.717, 1.165) is 19.3 Å². The van der Waals surface area contributed by atoms with Crippen molar-refractivity contribution in [2.45, 2.75) is 45.6 Å². The standard InChI is InChI=1S/C22H28O4/c1-20(2)17-10-11-21(3,15-17)22(20,24)12-9-16-7-5-6-8-18(16)19(23)26-14-13-25-4/h5-8,17,24H,10-11,13-15H2,1-4H3. The van der Waals surface area contributed by atoms with Crippen LogP contribution in [0.5, 0.6) is 0 Å². The summed E-state index contributed by atoms with van der Waals surface area (Å²) in [6.45, 7) is 6.92. The number of hydrogen-bond donors (Lipinski definition) is 1. The highest BCUT2D eigenvalue weighted by Gasteiger charge is 2.68. The molecule has 2 aliphatic carbocycles.